The molecule has 0 amide bonds. The maximum absolute atomic E-state index is 12.7. The van der Waals surface area contributed by atoms with E-state index in [1.807, 2.05) is 11.8 Å². The molecular weight excluding hydrogens is 297 g/mol. The first-order chi connectivity index (χ1) is 10.4. The average molecular weight is 324 g/mol. The van der Waals surface area contributed by atoms with Gasteiger partial charge >= 0.3 is 6.18 Å². The van der Waals surface area contributed by atoms with E-state index in [2.05, 4.69) is 10.3 Å². The van der Waals surface area contributed by atoms with Gasteiger partial charge < -0.3 is 15.0 Å². The normalized spacial score (nSPS) is 19.4. The Kier molecular flexibility index (Phi) is 7.95. The van der Waals surface area contributed by atoms with E-state index in [9.17, 15) is 13.2 Å². The topological polar surface area (TPSA) is 40.1 Å². The largest absolute Gasteiger partial charge is 0.403 e. The number of piperazine rings is 1. The molecular formula is C14H27F3N4O. The molecule has 22 heavy (non-hydrogen) atoms. The van der Waals surface area contributed by atoms with Crippen molar-refractivity contribution in [3.05, 3.63) is 0 Å². The van der Waals surface area contributed by atoms with Gasteiger partial charge in [0.25, 0.3) is 0 Å². The Bertz CT molecular complexity index is 341. The van der Waals surface area contributed by atoms with Gasteiger partial charge in [-0.15, -0.1) is 0 Å². The van der Waals surface area contributed by atoms with Crippen LogP contribution >= 0.6 is 0 Å². The predicted molar refractivity (Wildman–Crippen MR) is 81.1 cm³/mol. The molecule has 8 heteroatoms. The van der Waals surface area contributed by atoms with Gasteiger partial charge in [0, 0.05) is 53.0 Å². The Morgan fingerprint density at radius 3 is 2.41 bits per heavy atom. The van der Waals surface area contributed by atoms with Gasteiger partial charge in [0.15, 0.2) is 5.96 Å². The zero-order valence-corrected chi connectivity index (χ0v) is 13.6. The molecule has 0 saturated carbocycles. The van der Waals surface area contributed by atoms with Gasteiger partial charge in [0.05, 0.1) is 0 Å². The molecule has 130 valence electrons. The summed E-state index contributed by atoms with van der Waals surface area (Å²) in [6.07, 6.45) is -3.29. The minimum atomic E-state index is -4.17. The van der Waals surface area contributed by atoms with Gasteiger partial charge in [0.1, 0.15) is 6.04 Å². The molecule has 0 bridgehead atoms. The fourth-order valence-electron chi connectivity index (χ4n) is 2.38. The highest BCUT2D eigenvalue weighted by Crippen LogP contribution is 2.25. The van der Waals surface area contributed by atoms with E-state index in [1.54, 1.807) is 7.05 Å². The van der Waals surface area contributed by atoms with Crippen molar-refractivity contribution in [3.8, 4) is 0 Å². The van der Waals surface area contributed by atoms with E-state index >= 15 is 0 Å². The van der Waals surface area contributed by atoms with Crippen LogP contribution in [-0.2, 0) is 4.74 Å². The van der Waals surface area contributed by atoms with Crippen LogP contribution in [0.3, 0.4) is 0 Å². The summed E-state index contributed by atoms with van der Waals surface area (Å²) in [5.41, 5.74) is 0. The summed E-state index contributed by atoms with van der Waals surface area (Å²) in [5.74, 6) is 0.746. The lowest BCUT2D eigenvalue weighted by atomic mass is 10.2. The number of hydrogen-bond donors (Lipinski definition) is 1. The van der Waals surface area contributed by atoms with Crippen molar-refractivity contribution < 1.29 is 17.9 Å². The molecule has 0 aromatic rings. The van der Waals surface area contributed by atoms with Gasteiger partial charge in [-0.1, -0.05) is 0 Å². The third-order valence-electron chi connectivity index (χ3n) is 3.80. The summed E-state index contributed by atoms with van der Waals surface area (Å²) in [7, 11) is 1.69. The van der Waals surface area contributed by atoms with Crippen LogP contribution in [0.1, 0.15) is 20.3 Å². The summed E-state index contributed by atoms with van der Waals surface area (Å²) in [6, 6.07) is -1.39. The second kappa shape index (κ2) is 9.19. The lowest BCUT2D eigenvalue weighted by Gasteiger charge is -2.39. The minimum Gasteiger partial charge on any atom is -0.382 e. The number of ether oxygens (including phenoxy) is 1. The molecule has 1 N–H and O–H groups in total. The van der Waals surface area contributed by atoms with E-state index in [-0.39, 0.29) is 0 Å². The third-order valence-corrected chi connectivity index (χ3v) is 3.80. The Hall–Kier alpha value is -1.02. The number of rotatable bonds is 6. The first-order valence-corrected chi connectivity index (χ1v) is 7.74. The van der Waals surface area contributed by atoms with Crippen molar-refractivity contribution in [3.63, 3.8) is 0 Å². The molecule has 0 aromatic heterocycles. The summed E-state index contributed by atoms with van der Waals surface area (Å²) in [4.78, 5) is 7.67. The lowest BCUT2D eigenvalue weighted by molar-refractivity contribution is -0.181. The molecule has 5 nitrogen and oxygen atoms in total. The van der Waals surface area contributed by atoms with Crippen molar-refractivity contribution >= 4 is 5.96 Å². The molecule has 1 aliphatic heterocycles. The van der Waals surface area contributed by atoms with Crippen molar-refractivity contribution in [1.82, 2.24) is 15.1 Å². The van der Waals surface area contributed by atoms with Crippen LogP contribution in [0.15, 0.2) is 4.99 Å². The zero-order valence-electron chi connectivity index (χ0n) is 13.6. The first kappa shape index (κ1) is 19.0. The van der Waals surface area contributed by atoms with E-state index in [4.69, 9.17) is 4.74 Å². The van der Waals surface area contributed by atoms with Crippen LogP contribution in [0.5, 0.6) is 0 Å². The fourth-order valence-corrected chi connectivity index (χ4v) is 2.38. The third kappa shape index (κ3) is 6.00. The van der Waals surface area contributed by atoms with E-state index in [0.29, 0.717) is 39.4 Å². The molecule has 0 radical (unpaired) electrons. The number of alkyl halides is 3. The summed E-state index contributed by atoms with van der Waals surface area (Å²) >= 11 is 0. The molecule has 1 fully saturated rings. The summed E-state index contributed by atoms with van der Waals surface area (Å²) < 4.78 is 43.4. The Balaban J connectivity index is 2.35. The number of nitrogens with one attached hydrogen (secondary N) is 1. The van der Waals surface area contributed by atoms with Gasteiger partial charge in [-0.2, -0.15) is 13.2 Å². The van der Waals surface area contributed by atoms with E-state index in [1.165, 1.54) is 11.8 Å². The van der Waals surface area contributed by atoms with E-state index < -0.39 is 12.2 Å². The van der Waals surface area contributed by atoms with Gasteiger partial charge in [0.2, 0.25) is 0 Å². The lowest BCUT2D eigenvalue weighted by Crippen LogP contribution is -2.56. The van der Waals surface area contributed by atoms with Crippen molar-refractivity contribution in [2.24, 2.45) is 4.99 Å². The SMILES string of the molecule is CCOCCCNC(=NC)N1CCN(C(C)C(F)(F)F)CC1. The highest BCUT2D eigenvalue weighted by atomic mass is 19.4. The molecule has 0 aromatic carbocycles. The minimum absolute atomic E-state index is 0.389. The number of nitrogens with zero attached hydrogens (tertiary/aromatic N) is 3. The number of guanidine groups is 1. The maximum Gasteiger partial charge on any atom is 0.403 e. The Morgan fingerprint density at radius 1 is 1.27 bits per heavy atom. The molecule has 1 unspecified atom stereocenters. The second-order valence-corrected chi connectivity index (χ2v) is 5.27. The van der Waals surface area contributed by atoms with Crippen LogP contribution in [0.4, 0.5) is 13.2 Å². The standard InChI is InChI=1S/C14H27F3N4O/c1-4-22-11-5-6-19-13(18-3)21-9-7-20(8-10-21)12(2)14(15,16)17/h12H,4-11H2,1-3H3,(H,18,19). The van der Waals surface area contributed by atoms with Crippen molar-refractivity contribution in [2.75, 3.05) is 53.0 Å². The van der Waals surface area contributed by atoms with Crippen molar-refractivity contribution in [2.45, 2.75) is 32.5 Å². The Morgan fingerprint density at radius 2 is 1.91 bits per heavy atom. The van der Waals surface area contributed by atoms with Crippen LogP contribution in [0, 0.1) is 0 Å². The maximum atomic E-state index is 12.7. The summed E-state index contributed by atoms with van der Waals surface area (Å²) in [6.45, 7) is 7.18. The number of hydrogen-bond acceptors (Lipinski definition) is 3. The van der Waals surface area contributed by atoms with Crippen LogP contribution in [0.2, 0.25) is 0 Å². The smallest absolute Gasteiger partial charge is 0.382 e. The number of aliphatic imine (C=N–C) groups is 1. The predicted octanol–water partition coefficient (Wildman–Crippen LogP) is 1.56. The van der Waals surface area contributed by atoms with Gasteiger partial charge in [-0.25, -0.2) is 0 Å². The summed E-state index contributed by atoms with van der Waals surface area (Å²) in [5, 5.41) is 3.23. The van der Waals surface area contributed by atoms with Crippen LogP contribution in [0.25, 0.3) is 0 Å². The van der Waals surface area contributed by atoms with Crippen LogP contribution < -0.4 is 5.32 Å². The van der Waals surface area contributed by atoms with Crippen LogP contribution in [-0.4, -0.2) is 81.0 Å². The molecule has 0 spiro atoms. The highest BCUT2D eigenvalue weighted by molar-refractivity contribution is 5.79. The fraction of sp³-hybridized carbons (Fsp3) is 0.929. The first-order valence-electron chi connectivity index (χ1n) is 7.74. The second-order valence-electron chi connectivity index (χ2n) is 5.27. The van der Waals surface area contributed by atoms with Gasteiger partial charge in [-0.05, 0) is 20.3 Å². The molecule has 1 heterocycles. The molecule has 1 rings (SSSR count). The monoisotopic (exact) mass is 324 g/mol. The zero-order chi connectivity index (χ0) is 16.6. The molecule has 1 aliphatic rings. The highest BCUT2D eigenvalue weighted by Gasteiger charge is 2.40. The molecule has 1 atom stereocenters. The van der Waals surface area contributed by atoms with E-state index in [0.717, 1.165) is 18.9 Å². The Labute approximate surface area is 130 Å². The molecule has 1 saturated heterocycles. The molecule has 0 aliphatic carbocycles. The average Bonchev–Trinajstić information content (AvgIpc) is 2.49. The number of halogens is 3. The van der Waals surface area contributed by atoms with Crippen molar-refractivity contribution in [1.29, 1.82) is 0 Å². The quantitative estimate of drug-likeness (QED) is 0.457. The van der Waals surface area contributed by atoms with Gasteiger partial charge in [-0.3, -0.25) is 9.89 Å².